The van der Waals surface area contributed by atoms with Crippen molar-refractivity contribution in [3.63, 3.8) is 0 Å². The Kier molecular flexibility index (Phi) is 4.98. The van der Waals surface area contributed by atoms with Gasteiger partial charge >= 0.3 is 0 Å². The van der Waals surface area contributed by atoms with Gasteiger partial charge in [0.25, 0.3) is 0 Å². The fraction of sp³-hybridized carbons (Fsp3) is 0.533. The maximum atomic E-state index is 11.9. The highest BCUT2D eigenvalue weighted by atomic mass is 16.3. The number of hydrogen-bond donors (Lipinski definition) is 3. The first kappa shape index (κ1) is 14.8. The van der Waals surface area contributed by atoms with Crippen molar-refractivity contribution in [1.29, 1.82) is 0 Å². The van der Waals surface area contributed by atoms with Crippen molar-refractivity contribution >= 4 is 5.91 Å². The van der Waals surface area contributed by atoms with Crippen LogP contribution in [0.5, 0.6) is 5.75 Å². The first-order chi connectivity index (χ1) is 9.56. The molecule has 5 heteroatoms. The zero-order valence-corrected chi connectivity index (χ0v) is 11.9. The van der Waals surface area contributed by atoms with Gasteiger partial charge in [-0.3, -0.25) is 4.79 Å². The van der Waals surface area contributed by atoms with Gasteiger partial charge in [0.1, 0.15) is 5.75 Å². The molecule has 1 aliphatic carbocycles. The van der Waals surface area contributed by atoms with Crippen molar-refractivity contribution in [2.75, 3.05) is 20.1 Å². The Morgan fingerprint density at radius 3 is 2.70 bits per heavy atom. The molecule has 0 aromatic heterocycles. The molecule has 0 bridgehead atoms. The van der Waals surface area contributed by atoms with Crippen LogP contribution in [0.4, 0.5) is 0 Å². The van der Waals surface area contributed by atoms with Gasteiger partial charge in [0.05, 0.1) is 6.04 Å². The van der Waals surface area contributed by atoms with E-state index in [1.54, 1.807) is 24.3 Å². The van der Waals surface area contributed by atoms with Crippen LogP contribution in [0.3, 0.4) is 0 Å². The molecule has 5 nitrogen and oxygen atoms in total. The number of benzene rings is 1. The van der Waals surface area contributed by atoms with Gasteiger partial charge in [-0.15, -0.1) is 0 Å². The van der Waals surface area contributed by atoms with Gasteiger partial charge in [-0.25, -0.2) is 0 Å². The first-order valence-electron chi connectivity index (χ1n) is 7.07. The largest absolute Gasteiger partial charge is 0.508 e. The molecule has 1 saturated carbocycles. The number of likely N-dealkylation sites (N-methyl/N-ethyl adjacent to an activating group) is 1. The SMILES string of the molecule is CN(CCNC(=O)[C@H](N)Cc1ccc(O)cc1)C1CC1. The second-order valence-corrected chi connectivity index (χ2v) is 5.48. The summed E-state index contributed by atoms with van der Waals surface area (Å²) >= 11 is 0. The molecule has 0 heterocycles. The third-order valence-corrected chi connectivity index (χ3v) is 3.66. The zero-order chi connectivity index (χ0) is 14.5. The molecule has 0 radical (unpaired) electrons. The fourth-order valence-corrected chi connectivity index (χ4v) is 2.16. The number of rotatable bonds is 7. The number of nitrogens with two attached hydrogens (primary N) is 1. The van der Waals surface area contributed by atoms with Crippen molar-refractivity contribution in [2.24, 2.45) is 5.73 Å². The third kappa shape index (κ3) is 4.51. The van der Waals surface area contributed by atoms with Gasteiger partial charge in [0, 0.05) is 19.1 Å². The molecule has 0 saturated heterocycles. The molecule has 1 aliphatic rings. The van der Waals surface area contributed by atoms with Gasteiger partial charge in [-0.05, 0) is 44.0 Å². The number of phenolic OH excluding ortho intramolecular Hbond substituents is 1. The monoisotopic (exact) mass is 277 g/mol. The minimum absolute atomic E-state index is 0.123. The lowest BCUT2D eigenvalue weighted by Crippen LogP contribution is -2.44. The van der Waals surface area contributed by atoms with Crippen molar-refractivity contribution < 1.29 is 9.90 Å². The second kappa shape index (κ2) is 6.72. The number of nitrogens with zero attached hydrogens (tertiary/aromatic N) is 1. The molecule has 4 N–H and O–H groups in total. The summed E-state index contributed by atoms with van der Waals surface area (Å²) < 4.78 is 0. The quantitative estimate of drug-likeness (QED) is 0.677. The Hall–Kier alpha value is -1.59. The van der Waals surface area contributed by atoms with E-state index in [0.29, 0.717) is 19.0 Å². The summed E-state index contributed by atoms with van der Waals surface area (Å²) in [5, 5.41) is 12.1. The maximum absolute atomic E-state index is 11.9. The lowest BCUT2D eigenvalue weighted by atomic mass is 10.1. The van der Waals surface area contributed by atoms with Crippen molar-refractivity contribution in [2.45, 2.75) is 31.3 Å². The van der Waals surface area contributed by atoms with E-state index >= 15 is 0 Å². The van der Waals surface area contributed by atoms with E-state index in [1.807, 2.05) is 0 Å². The predicted octanol–water partition coefficient (Wildman–Crippen LogP) is 0.472. The van der Waals surface area contributed by atoms with E-state index in [1.165, 1.54) is 12.8 Å². The number of hydrogen-bond acceptors (Lipinski definition) is 4. The van der Waals surface area contributed by atoms with Crippen molar-refractivity contribution in [1.82, 2.24) is 10.2 Å². The highest BCUT2D eigenvalue weighted by Gasteiger charge is 2.25. The molecule has 1 atom stereocenters. The Morgan fingerprint density at radius 2 is 2.10 bits per heavy atom. The summed E-state index contributed by atoms with van der Waals surface area (Å²) in [5.74, 6) is 0.0946. The Bertz CT molecular complexity index is 443. The van der Waals surface area contributed by atoms with Gasteiger partial charge in [-0.1, -0.05) is 12.1 Å². The minimum atomic E-state index is -0.550. The van der Waals surface area contributed by atoms with Crippen LogP contribution in [0.25, 0.3) is 0 Å². The molecular weight excluding hydrogens is 254 g/mol. The highest BCUT2D eigenvalue weighted by molar-refractivity contribution is 5.81. The first-order valence-corrected chi connectivity index (χ1v) is 7.07. The summed E-state index contributed by atoms with van der Waals surface area (Å²) in [6.45, 7) is 1.50. The lowest BCUT2D eigenvalue weighted by molar-refractivity contribution is -0.122. The smallest absolute Gasteiger partial charge is 0.237 e. The number of nitrogens with one attached hydrogen (secondary N) is 1. The minimum Gasteiger partial charge on any atom is -0.508 e. The summed E-state index contributed by atoms with van der Waals surface area (Å²) in [4.78, 5) is 14.1. The topological polar surface area (TPSA) is 78.6 Å². The van der Waals surface area contributed by atoms with Gasteiger partial charge in [-0.2, -0.15) is 0 Å². The van der Waals surface area contributed by atoms with Crippen LogP contribution < -0.4 is 11.1 Å². The molecule has 0 unspecified atom stereocenters. The molecule has 2 rings (SSSR count). The molecule has 0 aliphatic heterocycles. The van der Waals surface area contributed by atoms with E-state index in [9.17, 15) is 9.90 Å². The highest BCUT2D eigenvalue weighted by Crippen LogP contribution is 2.24. The Morgan fingerprint density at radius 1 is 1.45 bits per heavy atom. The molecule has 1 amide bonds. The van der Waals surface area contributed by atoms with E-state index in [0.717, 1.165) is 12.1 Å². The summed E-state index contributed by atoms with van der Waals surface area (Å²) in [6, 6.07) is 6.92. The Labute approximate surface area is 119 Å². The maximum Gasteiger partial charge on any atom is 0.237 e. The molecule has 1 aromatic rings. The van der Waals surface area contributed by atoms with Gasteiger partial charge in [0.2, 0.25) is 5.91 Å². The van der Waals surface area contributed by atoms with Crippen LogP contribution in [0.15, 0.2) is 24.3 Å². The number of aromatic hydroxyl groups is 1. The van der Waals surface area contributed by atoms with Crippen molar-refractivity contribution in [3.05, 3.63) is 29.8 Å². The average molecular weight is 277 g/mol. The molecule has 20 heavy (non-hydrogen) atoms. The molecule has 1 aromatic carbocycles. The van der Waals surface area contributed by atoms with Crippen LogP contribution >= 0.6 is 0 Å². The van der Waals surface area contributed by atoms with Crippen LogP contribution in [0.1, 0.15) is 18.4 Å². The zero-order valence-electron chi connectivity index (χ0n) is 11.9. The van der Waals surface area contributed by atoms with Crippen LogP contribution in [-0.4, -0.2) is 48.1 Å². The van der Waals surface area contributed by atoms with Crippen molar-refractivity contribution in [3.8, 4) is 5.75 Å². The van der Waals surface area contributed by atoms with Crippen LogP contribution in [-0.2, 0) is 11.2 Å². The molecule has 1 fully saturated rings. The number of carbonyl (C=O) groups is 1. The number of phenols is 1. The lowest BCUT2D eigenvalue weighted by Gasteiger charge is -2.17. The van der Waals surface area contributed by atoms with Gasteiger partial charge in [0.15, 0.2) is 0 Å². The van der Waals surface area contributed by atoms with E-state index in [-0.39, 0.29) is 11.7 Å². The number of amides is 1. The van der Waals surface area contributed by atoms with E-state index in [4.69, 9.17) is 5.73 Å². The van der Waals surface area contributed by atoms with Crippen LogP contribution in [0, 0.1) is 0 Å². The standard InChI is InChI=1S/C15H23N3O2/c1-18(12-4-5-12)9-8-17-15(20)14(16)10-11-2-6-13(19)7-3-11/h2-3,6-7,12,14,19H,4-5,8-10,16H2,1H3,(H,17,20)/t14-/m1/s1. The number of carbonyl (C=O) groups excluding carboxylic acids is 1. The average Bonchev–Trinajstić information content (AvgIpc) is 3.25. The molecule has 110 valence electrons. The fourth-order valence-electron chi connectivity index (χ4n) is 2.16. The summed E-state index contributed by atoms with van der Waals surface area (Å²) in [7, 11) is 2.08. The third-order valence-electron chi connectivity index (χ3n) is 3.66. The molecular formula is C15H23N3O2. The summed E-state index contributed by atoms with van der Waals surface area (Å²) in [6.07, 6.45) is 3.01. The molecule has 0 spiro atoms. The van der Waals surface area contributed by atoms with E-state index < -0.39 is 6.04 Å². The van der Waals surface area contributed by atoms with Gasteiger partial charge < -0.3 is 21.1 Å². The predicted molar refractivity (Wildman–Crippen MR) is 78.4 cm³/mol. The normalized spacial score (nSPS) is 16.1. The van der Waals surface area contributed by atoms with Crippen LogP contribution in [0.2, 0.25) is 0 Å². The Balaban J connectivity index is 1.69. The van der Waals surface area contributed by atoms with E-state index in [2.05, 4.69) is 17.3 Å². The summed E-state index contributed by atoms with van der Waals surface area (Å²) in [5.41, 5.74) is 6.83. The second-order valence-electron chi connectivity index (χ2n) is 5.48.